The number of anilines is 1. The summed E-state index contributed by atoms with van der Waals surface area (Å²) < 4.78 is 1.79. The van der Waals surface area contributed by atoms with E-state index in [0.29, 0.717) is 24.6 Å². The molecule has 0 aromatic carbocycles. The Bertz CT molecular complexity index is 737. The van der Waals surface area contributed by atoms with Gasteiger partial charge in [-0.2, -0.15) is 0 Å². The van der Waals surface area contributed by atoms with Crippen molar-refractivity contribution in [1.29, 1.82) is 0 Å². The lowest BCUT2D eigenvalue weighted by molar-refractivity contribution is -0.128. The fourth-order valence-corrected chi connectivity index (χ4v) is 2.99. The van der Waals surface area contributed by atoms with Crippen molar-refractivity contribution < 1.29 is 9.59 Å². The first-order valence-corrected chi connectivity index (χ1v) is 8.22. The number of carbonyl (C=O) groups excluding carboxylic acids is 2. The van der Waals surface area contributed by atoms with E-state index < -0.39 is 0 Å². The number of pyridine rings is 1. The van der Waals surface area contributed by atoms with Crippen molar-refractivity contribution in [3.8, 4) is 5.82 Å². The van der Waals surface area contributed by atoms with Crippen molar-refractivity contribution in [3.63, 3.8) is 0 Å². The SMILES string of the molecule is O=C(Nc1ccc(-n2ccnc2)nc1)[C@@H]1CC(=O)N(CC2CC2)C1. The van der Waals surface area contributed by atoms with Gasteiger partial charge in [0.15, 0.2) is 0 Å². The standard InChI is InChI=1S/C17H19N5O2/c23-16-7-13(10-22(16)9-12-1-2-12)17(24)20-14-3-4-15(19-8-14)21-6-5-18-11-21/h3-6,8,11-13H,1-2,7,9-10H2,(H,20,24)/t13-/m1/s1. The minimum absolute atomic E-state index is 0.0932. The van der Waals surface area contributed by atoms with Crippen LogP contribution in [-0.4, -0.2) is 44.3 Å². The monoisotopic (exact) mass is 325 g/mol. The fraction of sp³-hybridized carbons (Fsp3) is 0.412. The maximum Gasteiger partial charge on any atom is 0.229 e. The van der Waals surface area contributed by atoms with E-state index in [1.165, 1.54) is 12.8 Å². The molecule has 0 bridgehead atoms. The summed E-state index contributed by atoms with van der Waals surface area (Å²) in [5, 5.41) is 2.86. The Morgan fingerprint density at radius 1 is 1.33 bits per heavy atom. The summed E-state index contributed by atoms with van der Waals surface area (Å²) in [4.78, 5) is 34.5. The highest BCUT2D eigenvalue weighted by Gasteiger charge is 2.37. The van der Waals surface area contributed by atoms with Crippen molar-refractivity contribution in [2.24, 2.45) is 11.8 Å². The van der Waals surface area contributed by atoms with Crippen LogP contribution in [0.2, 0.25) is 0 Å². The van der Waals surface area contributed by atoms with Gasteiger partial charge >= 0.3 is 0 Å². The van der Waals surface area contributed by atoms with Crippen LogP contribution in [0.4, 0.5) is 5.69 Å². The molecule has 1 N–H and O–H groups in total. The van der Waals surface area contributed by atoms with E-state index in [1.807, 2.05) is 11.0 Å². The molecule has 7 nitrogen and oxygen atoms in total. The zero-order chi connectivity index (χ0) is 16.5. The second kappa shape index (κ2) is 6.07. The summed E-state index contributed by atoms with van der Waals surface area (Å²) in [6.45, 7) is 1.34. The second-order valence-electron chi connectivity index (χ2n) is 6.51. The number of hydrogen-bond donors (Lipinski definition) is 1. The molecule has 1 saturated carbocycles. The van der Waals surface area contributed by atoms with Crippen LogP contribution in [0, 0.1) is 11.8 Å². The molecule has 7 heteroatoms. The Balaban J connectivity index is 1.36. The van der Waals surface area contributed by atoms with E-state index in [2.05, 4.69) is 15.3 Å². The Morgan fingerprint density at radius 2 is 2.21 bits per heavy atom. The first-order valence-electron chi connectivity index (χ1n) is 8.22. The number of imidazole rings is 1. The highest BCUT2D eigenvalue weighted by atomic mass is 16.2. The van der Waals surface area contributed by atoms with Gasteiger partial charge in [-0.3, -0.25) is 14.2 Å². The first-order chi connectivity index (χ1) is 11.7. The molecule has 1 aliphatic heterocycles. The number of rotatable bonds is 5. The van der Waals surface area contributed by atoms with Crippen molar-refractivity contribution in [3.05, 3.63) is 37.1 Å². The van der Waals surface area contributed by atoms with E-state index in [9.17, 15) is 9.59 Å². The molecule has 1 saturated heterocycles. The highest BCUT2D eigenvalue weighted by molar-refractivity contribution is 5.97. The number of nitrogens with one attached hydrogen (secondary N) is 1. The molecule has 24 heavy (non-hydrogen) atoms. The van der Waals surface area contributed by atoms with Crippen LogP contribution in [-0.2, 0) is 9.59 Å². The van der Waals surface area contributed by atoms with Crippen LogP contribution in [0.3, 0.4) is 0 Å². The fourth-order valence-electron chi connectivity index (χ4n) is 2.99. The van der Waals surface area contributed by atoms with Crippen molar-refractivity contribution >= 4 is 17.5 Å². The number of amides is 2. The van der Waals surface area contributed by atoms with Crippen LogP contribution in [0.1, 0.15) is 19.3 Å². The van der Waals surface area contributed by atoms with Crippen LogP contribution in [0.5, 0.6) is 0 Å². The van der Waals surface area contributed by atoms with Gasteiger partial charge in [0, 0.05) is 31.9 Å². The average Bonchev–Trinajstić information content (AvgIpc) is 3.08. The van der Waals surface area contributed by atoms with Crippen LogP contribution in [0.15, 0.2) is 37.1 Å². The summed E-state index contributed by atoms with van der Waals surface area (Å²) in [7, 11) is 0. The molecule has 1 aliphatic carbocycles. The maximum absolute atomic E-state index is 12.4. The van der Waals surface area contributed by atoms with Crippen molar-refractivity contribution in [2.75, 3.05) is 18.4 Å². The van der Waals surface area contributed by atoms with E-state index in [1.54, 1.807) is 35.6 Å². The van der Waals surface area contributed by atoms with E-state index in [-0.39, 0.29) is 17.7 Å². The van der Waals surface area contributed by atoms with Gasteiger partial charge in [0.25, 0.3) is 0 Å². The van der Waals surface area contributed by atoms with Gasteiger partial charge in [0.05, 0.1) is 17.8 Å². The van der Waals surface area contributed by atoms with Gasteiger partial charge in [-0.25, -0.2) is 9.97 Å². The molecule has 0 spiro atoms. The van der Waals surface area contributed by atoms with Gasteiger partial charge < -0.3 is 10.2 Å². The molecule has 0 unspecified atom stereocenters. The molecule has 2 aliphatic rings. The van der Waals surface area contributed by atoms with Crippen molar-refractivity contribution in [2.45, 2.75) is 19.3 Å². The Labute approximate surface area is 139 Å². The molecular formula is C17H19N5O2. The zero-order valence-corrected chi connectivity index (χ0v) is 13.3. The van der Waals surface area contributed by atoms with Gasteiger partial charge in [-0.1, -0.05) is 0 Å². The third-order valence-corrected chi connectivity index (χ3v) is 4.55. The van der Waals surface area contributed by atoms with Crippen LogP contribution in [0.25, 0.3) is 5.82 Å². The van der Waals surface area contributed by atoms with Gasteiger partial charge in [-0.15, -0.1) is 0 Å². The summed E-state index contributed by atoms with van der Waals surface area (Å²) in [5.74, 6) is 1.09. The van der Waals surface area contributed by atoms with Gasteiger partial charge in [0.1, 0.15) is 12.1 Å². The molecule has 0 radical (unpaired) electrons. The molecule has 3 heterocycles. The largest absolute Gasteiger partial charge is 0.342 e. The Kier molecular flexibility index (Phi) is 3.76. The molecule has 4 rings (SSSR count). The van der Waals surface area contributed by atoms with Crippen molar-refractivity contribution in [1.82, 2.24) is 19.4 Å². The number of likely N-dealkylation sites (tertiary alicyclic amines) is 1. The zero-order valence-electron chi connectivity index (χ0n) is 13.3. The number of hydrogen-bond acceptors (Lipinski definition) is 4. The summed E-state index contributed by atoms with van der Waals surface area (Å²) in [6, 6.07) is 3.62. The number of nitrogens with zero attached hydrogens (tertiary/aromatic N) is 4. The normalized spacial score (nSPS) is 20.4. The Hall–Kier alpha value is -2.70. The first kappa shape index (κ1) is 14.9. The smallest absolute Gasteiger partial charge is 0.229 e. The molecule has 2 amide bonds. The highest BCUT2D eigenvalue weighted by Crippen LogP contribution is 2.32. The predicted molar refractivity (Wildman–Crippen MR) is 87.4 cm³/mol. The van der Waals surface area contributed by atoms with E-state index in [0.717, 1.165) is 12.4 Å². The minimum atomic E-state index is -0.274. The average molecular weight is 325 g/mol. The summed E-state index contributed by atoms with van der Waals surface area (Å²) in [5.41, 5.74) is 0.636. The molecule has 124 valence electrons. The van der Waals surface area contributed by atoms with Gasteiger partial charge in [0.2, 0.25) is 11.8 Å². The molecule has 2 aromatic heterocycles. The molecule has 2 aromatic rings. The predicted octanol–water partition coefficient (Wildman–Crippen LogP) is 1.46. The summed E-state index contributed by atoms with van der Waals surface area (Å²) >= 11 is 0. The lowest BCUT2D eigenvalue weighted by Crippen LogP contribution is -2.29. The van der Waals surface area contributed by atoms with Gasteiger partial charge in [-0.05, 0) is 30.9 Å². The van der Waals surface area contributed by atoms with Crippen LogP contribution >= 0.6 is 0 Å². The molecular weight excluding hydrogens is 306 g/mol. The third-order valence-electron chi connectivity index (χ3n) is 4.55. The quantitative estimate of drug-likeness (QED) is 0.902. The van der Waals surface area contributed by atoms with Crippen LogP contribution < -0.4 is 5.32 Å². The second-order valence-corrected chi connectivity index (χ2v) is 6.51. The lowest BCUT2D eigenvalue weighted by Gasteiger charge is -2.16. The van der Waals surface area contributed by atoms with E-state index in [4.69, 9.17) is 0 Å². The maximum atomic E-state index is 12.4. The Morgan fingerprint density at radius 3 is 2.88 bits per heavy atom. The lowest BCUT2D eigenvalue weighted by atomic mass is 10.1. The molecule has 2 fully saturated rings. The topological polar surface area (TPSA) is 80.1 Å². The minimum Gasteiger partial charge on any atom is -0.342 e. The third kappa shape index (κ3) is 3.15. The number of carbonyl (C=O) groups is 2. The van der Waals surface area contributed by atoms with E-state index >= 15 is 0 Å². The molecule has 1 atom stereocenters. The number of aromatic nitrogens is 3. The summed E-state index contributed by atoms with van der Waals surface area (Å²) in [6.07, 6.45) is 9.48.